The first-order valence-corrected chi connectivity index (χ1v) is 15.9. The van der Waals surface area contributed by atoms with Crippen LogP contribution in [0.25, 0.3) is 87.2 Å². The number of hydrogen-bond acceptors (Lipinski definition) is 4. The summed E-state index contributed by atoms with van der Waals surface area (Å²) in [6.45, 7) is 0. The Labute approximate surface area is 270 Å². The number of aromatic nitrogens is 2. The molecular weight excluding hydrogens is 581 g/mol. The summed E-state index contributed by atoms with van der Waals surface area (Å²) in [5.41, 5.74) is 11.2. The number of rotatable bonds is 5. The Kier molecular flexibility index (Phi) is 6.23. The Morgan fingerprint density at radius 1 is 0.543 bits per heavy atom. The van der Waals surface area contributed by atoms with Crippen LogP contribution in [-0.2, 0) is 0 Å². The fourth-order valence-electron chi connectivity index (χ4n) is 6.18. The molecule has 214 valence electrons. The van der Waals surface area contributed by atoms with Crippen molar-refractivity contribution in [3.05, 3.63) is 158 Å². The molecule has 3 heterocycles. The fraction of sp³-hybridized carbons (Fsp3) is 0. The minimum atomic E-state index is 0.593. The molecule has 9 aromatic rings. The number of pyridine rings is 1. The van der Waals surface area contributed by atoms with E-state index in [9.17, 15) is 0 Å². The molecule has 9 rings (SSSR count). The monoisotopic (exact) mass is 604 g/mol. The quantitative estimate of drug-likeness (QED) is 0.196. The van der Waals surface area contributed by atoms with Crippen LogP contribution in [0.2, 0.25) is 0 Å². The third-order valence-corrected chi connectivity index (χ3v) is 9.65. The maximum atomic E-state index is 6.50. The average Bonchev–Trinajstić information content (AvgIpc) is 3.74. The summed E-state index contributed by atoms with van der Waals surface area (Å²) in [6.07, 6.45) is 3.68. The van der Waals surface area contributed by atoms with E-state index in [0.717, 1.165) is 55.6 Å². The molecule has 0 fully saturated rings. The molecule has 0 spiro atoms. The van der Waals surface area contributed by atoms with Gasteiger partial charge in [-0.05, 0) is 106 Å². The van der Waals surface area contributed by atoms with E-state index in [1.807, 2.05) is 41.8 Å². The van der Waals surface area contributed by atoms with Gasteiger partial charge in [-0.2, -0.15) is 0 Å². The molecule has 0 amide bonds. The first-order chi connectivity index (χ1) is 22.8. The zero-order valence-corrected chi connectivity index (χ0v) is 25.4. The van der Waals surface area contributed by atoms with Gasteiger partial charge in [-0.1, -0.05) is 72.8 Å². The minimum absolute atomic E-state index is 0.593. The van der Waals surface area contributed by atoms with Crippen molar-refractivity contribution in [2.45, 2.75) is 0 Å². The molecule has 0 bridgehead atoms. The number of hydrogen-bond donors (Lipinski definition) is 0. The average molecular weight is 605 g/mol. The Morgan fingerprint density at radius 3 is 2.22 bits per heavy atom. The molecule has 0 N–H and O–H groups in total. The molecule has 0 saturated carbocycles. The van der Waals surface area contributed by atoms with Crippen LogP contribution in [0.1, 0.15) is 0 Å². The van der Waals surface area contributed by atoms with Gasteiger partial charge < -0.3 is 4.42 Å². The second-order valence-corrected chi connectivity index (χ2v) is 12.4. The van der Waals surface area contributed by atoms with Crippen LogP contribution in [0.4, 0.5) is 0 Å². The normalized spacial score (nSPS) is 11.3. The lowest BCUT2D eigenvalue weighted by atomic mass is 9.95. The standard InChI is InChI=1S/C42H24N2OS/c1-2-8-27(9-3-1)34-24-36(32-11-6-10-30(22-32)33-12-7-21-43-26-33)41-38(25-34)45-42(44-41)29-17-15-28(16-18-29)31-19-20-40-37(23-31)35-13-4-5-14-39(35)46-40/h2,4-26H. The molecule has 3 aromatic heterocycles. The zero-order valence-electron chi connectivity index (χ0n) is 24.6. The third kappa shape index (κ3) is 4.62. The van der Waals surface area contributed by atoms with Gasteiger partial charge in [0.1, 0.15) is 5.52 Å². The highest BCUT2D eigenvalue weighted by atomic mass is 32.1. The summed E-state index contributed by atoms with van der Waals surface area (Å²) in [6, 6.07) is 52.6. The topological polar surface area (TPSA) is 38.9 Å². The maximum Gasteiger partial charge on any atom is 0.227 e. The highest BCUT2D eigenvalue weighted by Gasteiger charge is 2.17. The van der Waals surface area contributed by atoms with E-state index in [1.165, 1.54) is 25.7 Å². The first-order valence-electron chi connectivity index (χ1n) is 15.1. The largest absolute Gasteiger partial charge is 0.436 e. The Balaban J connectivity index is 1.13. The SMILES string of the molecule is c1ccc(-c2cc(-c3cccc(-c4cccnc4)c3)c3nc(-c4ccc(-c5ccc6sc7ccccc7c6c5)cc4)oc3c2)cc#1. The molecule has 0 aliphatic carbocycles. The summed E-state index contributed by atoms with van der Waals surface area (Å²) < 4.78 is 9.12. The number of oxazole rings is 1. The predicted octanol–water partition coefficient (Wildman–Crippen LogP) is 11.5. The van der Waals surface area contributed by atoms with Gasteiger partial charge in [0.2, 0.25) is 5.89 Å². The van der Waals surface area contributed by atoms with Gasteiger partial charge in [0, 0.05) is 49.3 Å². The molecule has 6 aromatic carbocycles. The number of thiophene rings is 1. The molecule has 3 nitrogen and oxygen atoms in total. The molecule has 0 aliphatic heterocycles. The van der Waals surface area contributed by atoms with E-state index in [2.05, 4.69) is 126 Å². The van der Waals surface area contributed by atoms with Crippen molar-refractivity contribution in [1.82, 2.24) is 9.97 Å². The molecule has 0 aliphatic rings. The van der Waals surface area contributed by atoms with Gasteiger partial charge >= 0.3 is 0 Å². The smallest absolute Gasteiger partial charge is 0.227 e. The van der Waals surface area contributed by atoms with Crippen molar-refractivity contribution in [2.24, 2.45) is 0 Å². The van der Waals surface area contributed by atoms with Crippen molar-refractivity contribution >= 4 is 42.6 Å². The number of nitrogens with zero attached hydrogens (tertiary/aromatic N) is 2. The van der Waals surface area contributed by atoms with Gasteiger partial charge in [-0.15, -0.1) is 11.3 Å². The maximum absolute atomic E-state index is 6.50. The van der Waals surface area contributed by atoms with Crippen molar-refractivity contribution < 1.29 is 4.42 Å². The molecule has 0 unspecified atom stereocenters. The third-order valence-electron chi connectivity index (χ3n) is 8.50. The van der Waals surface area contributed by atoms with Crippen LogP contribution < -0.4 is 0 Å². The molecule has 46 heavy (non-hydrogen) atoms. The summed E-state index contributed by atoms with van der Waals surface area (Å²) in [4.78, 5) is 9.39. The van der Waals surface area contributed by atoms with Gasteiger partial charge in [0.15, 0.2) is 5.58 Å². The molecule has 4 heteroatoms. The zero-order chi connectivity index (χ0) is 30.5. The summed E-state index contributed by atoms with van der Waals surface area (Å²) in [7, 11) is 0. The molecule has 0 atom stereocenters. The highest BCUT2D eigenvalue weighted by molar-refractivity contribution is 7.25. The van der Waals surface area contributed by atoms with Gasteiger partial charge in [0.25, 0.3) is 0 Å². The van der Waals surface area contributed by atoms with Crippen LogP contribution in [0.5, 0.6) is 0 Å². The summed E-state index contributed by atoms with van der Waals surface area (Å²) >= 11 is 1.84. The fourth-order valence-corrected chi connectivity index (χ4v) is 7.26. The van der Waals surface area contributed by atoms with Crippen LogP contribution >= 0.6 is 11.3 Å². The molecule has 0 radical (unpaired) electrons. The van der Waals surface area contributed by atoms with E-state index in [1.54, 1.807) is 6.20 Å². The van der Waals surface area contributed by atoms with Gasteiger partial charge in [-0.25, -0.2) is 4.98 Å². The van der Waals surface area contributed by atoms with Crippen LogP contribution in [0, 0.1) is 12.1 Å². The molecule has 0 saturated heterocycles. The Morgan fingerprint density at radius 2 is 1.35 bits per heavy atom. The lowest BCUT2D eigenvalue weighted by molar-refractivity contribution is 0.620. The van der Waals surface area contributed by atoms with Crippen LogP contribution in [0.15, 0.2) is 150 Å². The van der Waals surface area contributed by atoms with Gasteiger partial charge in [-0.3, -0.25) is 4.98 Å². The van der Waals surface area contributed by atoms with Crippen LogP contribution in [-0.4, -0.2) is 9.97 Å². The van der Waals surface area contributed by atoms with E-state index < -0.39 is 0 Å². The lowest BCUT2D eigenvalue weighted by Crippen LogP contribution is -1.86. The van der Waals surface area contributed by atoms with Gasteiger partial charge in [0.05, 0.1) is 0 Å². The van der Waals surface area contributed by atoms with E-state index >= 15 is 0 Å². The lowest BCUT2D eigenvalue weighted by Gasteiger charge is -2.09. The Bertz CT molecular complexity index is 2510. The first kappa shape index (κ1) is 26.4. The minimum Gasteiger partial charge on any atom is -0.436 e. The predicted molar refractivity (Wildman–Crippen MR) is 190 cm³/mol. The highest BCUT2D eigenvalue weighted by Crippen LogP contribution is 2.39. The van der Waals surface area contributed by atoms with E-state index in [-0.39, 0.29) is 0 Å². The van der Waals surface area contributed by atoms with Crippen molar-refractivity contribution in [3.63, 3.8) is 0 Å². The second kappa shape index (κ2) is 10.9. The van der Waals surface area contributed by atoms with Crippen molar-refractivity contribution in [1.29, 1.82) is 0 Å². The summed E-state index contributed by atoms with van der Waals surface area (Å²) in [5, 5.41) is 2.60. The number of fused-ring (bicyclic) bond motifs is 4. The number of benzene rings is 5. The summed E-state index contributed by atoms with van der Waals surface area (Å²) in [5.74, 6) is 0.593. The van der Waals surface area contributed by atoms with Crippen molar-refractivity contribution in [3.8, 4) is 56.0 Å². The van der Waals surface area contributed by atoms with Crippen LogP contribution in [0.3, 0.4) is 0 Å². The second-order valence-electron chi connectivity index (χ2n) is 11.3. The Hall–Kier alpha value is -6.02. The molecular formula is C42H24N2OS. The van der Waals surface area contributed by atoms with E-state index in [4.69, 9.17) is 9.40 Å². The van der Waals surface area contributed by atoms with E-state index in [0.29, 0.717) is 5.89 Å². The van der Waals surface area contributed by atoms with Crippen molar-refractivity contribution in [2.75, 3.05) is 0 Å².